The topological polar surface area (TPSA) is 79.5 Å². The SMILES string of the molecule is CCOc1cc(/C=C(/C(=O)O[C@@H](C)C#N)c2ccccc2)ccc1O. The maximum absolute atomic E-state index is 12.5. The lowest BCUT2D eigenvalue weighted by Crippen LogP contribution is -2.14. The number of phenols is 1. The minimum Gasteiger partial charge on any atom is -0.504 e. The maximum atomic E-state index is 12.5. The summed E-state index contributed by atoms with van der Waals surface area (Å²) in [6, 6.07) is 15.7. The molecule has 0 saturated heterocycles. The van der Waals surface area contributed by atoms with Gasteiger partial charge in [-0.25, -0.2) is 4.79 Å². The molecule has 2 aromatic carbocycles. The fourth-order valence-electron chi connectivity index (χ4n) is 2.19. The molecule has 0 aliphatic heterocycles. The van der Waals surface area contributed by atoms with Crippen molar-refractivity contribution in [1.29, 1.82) is 5.26 Å². The van der Waals surface area contributed by atoms with Crippen LogP contribution in [-0.2, 0) is 9.53 Å². The van der Waals surface area contributed by atoms with E-state index in [1.165, 1.54) is 13.0 Å². The van der Waals surface area contributed by atoms with Gasteiger partial charge in [-0.05, 0) is 43.2 Å². The number of benzene rings is 2. The maximum Gasteiger partial charge on any atom is 0.340 e. The standard InChI is InChI=1S/C20H19NO4/c1-3-24-19-12-15(9-10-18(19)22)11-17(16-7-5-4-6-8-16)20(23)25-14(2)13-21/h4-12,14,22H,3H2,1-2H3/b17-11+/t14-/m0/s1. The number of carbonyl (C=O) groups is 1. The van der Waals surface area contributed by atoms with Crippen molar-refractivity contribution < 1.29 is 19.4 Å². The van der Waals surface area contributed by atoms with Gasteiger partial charge in [0.15, 0.2) is 17.6 Å². The summed E-state index contributed by atoms with van der Waals surface area (Å²) < 4.78 is 10.5. The zero-order valence-electron chi connectivity index (χ0n) is 14.1. The van der Waals surface area contributed by atoms with Gasteiger partial charge in [-0.15, -0.1) is 0 Å². The fraction of sp³-hybridized carbons (Fsp3) is 0.200. The van der Waals surface area contributed by atoms with E-state index >= 15 is 0 Å². The third-order valence-corrected chi connectivity index (χ3v) is 3.37. The first-order valence-electron chi connectivity index (χ1n) is 7.88. The van der Waals surface area contributed by atoms with E-state index in [9.17, 15) is 9.90 Å². The van der Waals surface area contributed by atoms with Crippen molar-refractivity contribution in [2.75, 3.05) is 6.61 Å². The highest BCUT2D eigenvalue weighted by atomic mass is 16.5. The van der Waals surface area contributed by atoms with E-state index in [0.29, 0.717) is 29.1 Å². The molecule has 0 fully saturated rings. The monoisotopic (exact) mass is 337 g/mol. The van der Waals surface area contributed by atoms with Crippen LogP contribution in [0.5, 0.6) is 11.5 Å². The van der Waals surface area contributed by atoms with Crippen molar-refractivity contribution in [2.45, 2.75) is 20.0 Å². The Balaban J connectivity index is 2.45. The van der Waals surface area contributed by atoms with Crippen molar-refractivity contribution in [2.24, 2.45) is 0 Å². The number of carbonyl (C=O) groups excluding carboxylic acids is 1. The van der Waals surface area contributed by atoms with Crippen LogP contribution in [0.15, 0.2) is 48.5 Å². The summed E-state index contributed by atoms with van der Waals surface area (Å²) in [6.45, 7) is 3.74. The summed E-state index contributed by atoms with van der Waals surface area (Å²) in [4.78, 5) is 12.5. The molecule has 5 nitrogen and oxygen atoms in total. The molecule has 1 atom stereocenters. The molecule has 0 unspecified atom stereocenters. The second-order valence-corrected chi connectivity index (χ2v) is 5.26. The Morgan fingerprint density at radius 1 is 1.28 bits per heavy atom. The van der Waals surface area contributed by atoms with Gasteiger partial charge in [0.2, 0.25) is 0 Å². The molecule has 0 saturated carbocycles. The third-order valence-electron chi connectivity index (χ3n) is 3.37. The summed E-state index contributed by atoms with van der Waals surface area (Å²) in [5.74, 6) is -0.227. The van der Waals surface area contributed by atoms with Gasteiger partial charge in [-0.3, -0.25) is 0 Å². The Labute approximate surface area is 146 Å². The predicted octanol–water partition coefficient (Wildman–Crippen LogP) is 3.79. The Morgan fingerprint density at radius 3 is 2.64 bits per heavy atom. The van der Waals surface area contributed by atoms with E-state index in [1.54, 1.807) is 30.3 Å². The lowest BCUT2D eigenvalue weighted by Gasteiger charge is -2.11. The largest absolute Gasteiger partial charge is 0.504 e. The Hall–Kier alpha value is -3.26. The zero-order chi connectivity index (χ0) is 18.2. The molecule has 25 heavy (non-hydrogen) atoms. The van der Waals surface area contributed by atoms with Crippen LogP contribution in [0.25, 0.3) is 11.6 Å². The molecule has 0 aliphatic carbocycles. The van der Waals surface area contributed by atoms with Crippen LogP contribution in [-0.4, -0.2) is 23.8 Å². The number of ether oxygens (including phenoxy) is 2. The van der Waals surface area contributed by atoms with Crippen LogP contribution in [0.4, 0.5) is 0 Å². The molecule has 1 N–H and O–H groups in total. The number of nitrogens with zero attached hydrogens (tertiary/aromatic N) is 1. The Kier molecular flexibility index (Phi) is 6.19. The molecular weight excluding hydrogens is 318 g/mol. The normalized spacial score (nSPS) is 12.1. The van der Waals surface area contributed by atoms with E-state index in [-0.39, 0.29) is 5.75 Å². The highest BCUT2D eigenvalue weighted by Crippen LogP contribution is 2.29. The minimum absolute atomic E-state index is 0.0286. The smallest absolute Gasteiger partial charge is 0.340 e. The summed E-state index contributed by atoms with van der Waals surface area (Å²) >= 11 is 0. The molecule has 128 valence electrons. The predicted molar refractivity (Wildman–Crippen MR) is 94.8 cm³/mol. The average molecular weight is 337 g/mol. The third kappa shape index (κ3) is 4.85. The molecule has 2 rings (SSSR count). The van der Waals surface area contributed by atoms with E-state index in [4.69, 9.17) is 14.7 Å². The second-order valence-electron chi connectivity index (χ2n) is 5.26. The van der Waals surface area contributed by atoms with Crippen LogP contribution in [0.3, 0.4) is 0 Å². The minimum atomic E-state index is -0.849. The quantitative estimate of drug-likeness (QED) is 0.493. The van der Waals surface area contributed by atoms with Crippen molar-refractivity contribution in [3.8, 4) is 17.6 Å². The van der Waals surface area contributed by atoms with Crippen LogP contribution in [0.1, 0.15) is 25.0 Å². The first-order chi connectivity index (χ1) is 12.0. The highest BCUT2D eigenvalue weighted by molar-refractivity contribution is 6.21. The molecule has 0 radical (unpaired) electrons. The molecular formula is C20H19NO4. The molecule has 2 aromatic rings. The summed E-state index contributed by atoms with van der Waals surface area (Å²) in [7, 11) is 0. The number of aromatic hydroxyl groups is 1. The highest BCUT2D eigenvalue weighted by Gasteiger charge is 2.17. The molecule has 5 heteroatoms. The van der Waals surface area contributed by atoms with Crippen molar-refractivity contribution in [3.63, 3.8) is 0 Å². The van der Waals surface area contributed by atoms with E-state index in [2.05, 4.69) is 0 Å². The fourth-order valence-corrected chi connectivity index (χ4v) is 2.19. The van der Waals surface area contributed by atoms with Gasteiger partial charge in [-0.2, -0.15) is 5.26 Å². The van der Waals surface area contributed by atoms with Gasteiger partial charge in [0.05, 0.1) is 12.2 Å². The number of rotatable bonds is 6. The van der Waals surface area contributed by atoms with Crippen LogP contribution < -0.4 is 4.74 Å². The number of phenolic OH excluding ortho intramolecular Hbond substituents is 1. The van der Waals surface area contributed by atoms with E-state index in [1.807, 2.05) is 31.2 Å². The van der Waals surface area contributed by atoms with Crippen molar-refractivity contribution in [3.05, 3.63) is 59.7 Å². The zero-order valence-corrected chi connectivity index (χ0v) is 14.1. The first kappa shape index (κ1) is 18.1. The van der Waals surface area contributed by atoms with Crippen LogP contribution in [0.2, 0.25) is 0 Å². The molecule has 0 aliphatic rings. The molecule has 0 amide bonds. The van der Waals surface area contributed by atoms with Gasteiger partial charge < -0.3 is 14.6 Å². The molecule has 0 aromatic heterocycles. The summed E-state index contributed by atoms with van der Waals surface area (Å²) in [5.41, 5.74) is 1.65. The average Bonchev–Trinajstić information content (AvgIpc) is 2.62. The Morgan fingerprint density at radius 2 is 2.00 bits per heavy atom. The number of nitriles is 1. The number of esters is 1. The lowest BCUT2D eigenvalue weighted by atomic mass is 10.0. The van der Waals surface area contributed by atoms with Crippen molar-refractivity contribution in [1.82, 2.24) is 0 Å². The second kappa shape index (κ2) is 8.55. The van der Waals surface area contributed by atoms with Gasteiger partial charge in [0, 0.05) is 0 Å². The van der Waals surface area contributed by atoms with Crippen LogP contribution >= 0.6 is 0 Å². The lowest BCUT2D eigenvalue weighted by molar-refractivity contribution is -0.138. The van der Waals surface area contributed by atoms with Crippen LogP contribution in [0, 0.1) is 11.3 Å². The first-order valence-corrected chi connectivity index (χ1v) is 7.88. The molecule has 0 bridgehead atoms. The van der Waals surface area contributed by atoms with E-state index < -0.39 is 12.1 Å². The molecule has 0 heterocycles. The molecule has 0 spiro atoms. The van der Waals surface area contributed by atoms with Gasteiger partial charge in [0.1, 0.15) is 6.07 Å². The van der Waals surface area contributed by atoms with E-state index in [0.717, 1.165) is 0 Å². The number of hydrogen-bond donors (Lipinski definition) is 1. The van der Waals surface area contributed by atoms with Gasteiger partial charge >= 0.3 is 5.97 Å². The number of hydrogen-bond acceptors (Lipinski definition) is 5. The Bertz CT molecular complexity index is 806. The summed E-state index contributed by atoms with van der Waals surface area (Å²) in [6.07, 6.45) is 0.794. The van der Waals surface area contributed by atoms with Gasteiger partial charge in [0.25, 0.3) is 0 Å². The van der Waals surface area contributed by atoms with Crippen molar-refractivity contribution >= 4 is 17.6 Å². The summed E-state index contributed by atoms with van der Waals surface area (Å²) in [5, 5.41) is 18.7. The van der Waals surface area contributed by atoms with Gasteiger partial charge in [-0.1, -0.05) is 36.4 Å².